The molecule has 0 atom stereocenters. The van der Waals surface area contributed by atoms with Crippen molar-refractivity contribution in [2.45, 2.75) is 13.8 Å². The molecule has 0 bridgehead atoms. The lowest BCUT2D eigenvalue weighted by molar-refractivity contribution is 0.935. The van der Waals surface area contributed by atoms with E-state index in [-0.39, 0.29) is 5.56 Å². The molecular weight excluding hydrogens is 228 g/mol. The van der Waals surface area contributed by atoms with Crippen LogP contribution in [0.1, 0.15) is 11.4 Å². The molecule has 0 unspecified atom stereocenters. The van der Waals surface area contributed by atoms with Gasteiger partial charge in [-0.3, -0.25) is 13.8 Å². The summed E-state index contributed by atoms with van der Waals surface area (Å²) in [6.07, 6.45) is 3.54. The van der Waals surface area contributed by atoms with Crippen LogP contribution in [0.15, 0.2) is 41.5 Å². The Morgan fingerprint density at radius 3 is 2.72 bits per heavy atom. The zero-order chi connectivity index (χ0) is 12.7. The number of benzene rings is 1. The zero-order valence-corrected chi connectivity index (χ0v) is 10.2. The fourth-order valence-electron chi connectivity index (χ4n) is 1.98. The third-order valence-electron chi connectivity index (χ3n) is 2.92. The van der Waals surface area contributed by atoms with Gasteiger partial charge in [-0.05, 0) is 31.5 Å². The van der Waals surface area contributed by atoms with Gasteiger partial charge < -0.3 is 0 Å². The van der Waals surface area contributed by atoms with Crippen LogP contribution in [0, 0.1) is 13.8 Å². The Bertz CT molecular complexity index is 785. The van der Waals surface area contributed by atoms with Crippen molar-refractivity contribution in [1.82, 2.24) is 19.2 Å². The van der Waals surface area contributed by atoms with Crippen LogP contribution in [-0.4, -0.2) is 19.2 Å². The molecule has 2 heterocycles. The molecular formula is C13H12N4O. The highest BCUT2D eigenvalue weighted by Crippen LogP contribution is 2.08. The van der Waals surface area contributed by atoms with E-state index in [1.807, 2.05) is 38.1 Å². The lowest BCUT2D eigenvalue weighted by atomic mass is 10.2. The van der Waals surface area contributed by atoms with Crippen LogP contribution in [0.5, 0.6) is 0 Å². The van der Waals surface area contributed by atoms with Crippen molar-refractivity contribution in [2.75, 3.05) is 0 Å². The van der Waals surface area contributed by atoms with Crippen LogP contribution in [-0.2, 0) is 0 Å². The van der Waals surface area contributed by atoms with E-state index in [1.165, 1.54) is 0 Å². The van der Waals surface area contributed by atoms with Gasteiger partial charge in [0.05, 0.1) is 0 Å². The lowest BCUT2D eigenvalue weighted by Crippen LogP contribution is -2.20. The van der Waals surface area contributed by atoms with E-state index in [1.54, 1.807) is 21.4 Å². The molecule has 0 radical (unpaired) electrons. The predicted molar refractivity (Wildman–Crippen MR) is 68.1 cm³/mol. The highest BCUT2D eigenvalue weighted by Gasteiger charge is 2.08. The van der Waals surface area contributed by atoms with Crippen LogP contribution in [0.2, 0.25) is 0 Å². The molecule has 5 heteroatoms. The van der Waals surface area contributed by atoms with Gasteiger partial charge in [-0.25, -0.2) is 0 Å². The minimum Gasteiger partial charge on any atom is -0.281 e. The summed E-state index contributed by atoms with van der Waals surface area (Å²) in [5.74, 6) is 0.707. The summed E-state index contributed by atoms with van der Waals surface area (Å²) < 4.78 is 3.27. The first kappa shape index (κ1) is 10.7. The van der Waals surface area contributed by atoms with Crippen LogP contribution in [0.4, 0.5) is 0 Å². The number of hydrogen-bond acceptors (Lipinski definition) is 3. The number of fused-ring (bicyclic) bond motifs is 1. The fraction of sp³-hybridized carbons (Fsp3) is 0.154. The molecule has 90 valence electrons. The van der Waals surface area contributed by atoms with Crippen LogP contribution in [0.3, 0.4) is 0 Å². The Morgan fingerprint density at radius 2 is 1.94 bits per heavy atom. The predicted octanol–water partition coefficient (Wildman–Crippen LogP) is 1.50. The van der Waals surface area contributed by atoms with E-state index in [4.69, 9.17) is 0 Å². The van der Waals surface area contributed by atoms with E-state index < -0.39 is 0 Å². The van der Waals surface area contributed by atoms with Gasteiger partial charge in [0.2, 0.25) is 5.65 Å². The van der Waals surface area contributed by atoms with Gasteiger partial charge in [-0.15, -0.1) is 10.2 Å². The topological polar surface area (TPSA) is 52.2 Å². The number of aromatic nitrogens is 4. The highest BCUT2D eigenvalue weighted by atomic mass is 16.1. The van der Waals surface area contributed by atoms with Crippen molar-refractivity contribution in [3.8, 4) is 5.69 Å². The summed E-state index contributed by atoms with van der Waals surface area (Å²) in [5, 5.41) is 7.81. The van der Waals surface area contributed by atoms with Gasteiger partial charge in [0.25, 0.3) is 0 Å². The maximum absolute atomic E-state index is 12.3. The molecule has 5 nitrogen and oxygen atoms in total. The van der Waals surface area contributed by atoms with Crippen LogP contribution in [0.25, 0.3) is 11.3 Å². The molecule has 1 aromatic carbocycles. The first-order valence-corrected chi connectivity index (χ1v) is 5.67. The van der Waals surface area contributed by atoms with Crippen molar-refractivity contribution >= 4 is 5.65 Å². The van der Waals surface area contributed by atoms with Crippen molar-refractivity contribution in [2.24, 2.45) is 0 Å². The minimum atomic E-state index is -0.163. The fourth-order valence-corrected chi connectivity index (χ4v) is 1.98. The van der Waals surface area contributed by atoms with Crippen molar-refractivity contribution < 1.29 is 0 Å². The van der Waals surface area contributed by atoms with Gasteiger partial charge in [0.15, 0.2) is 0 Å². The SMILES string of the molecule is Cc1cccc(-n2ccn3c(C)nnc3c2=O)c1. The summed E-state index contributed by atoms with van der Waals surface area (Å²) in [4.78, 5) is 12.3. The molecule has 0 aliphatic carbocycles. The van der Waals surface area contributed by atoms with Crippen molar-refractivity contribution in [1.29, 1.82) is 0 Å². The first-order valence-electron chi connectivity index (χ1n) is 5.67. The van der Waals surface area contributed by atoms with Gasteiger partial charge in [0.1, 0.15) is 5.82 Å². The molecule has 18 heavy (non-hydrogen) atoms. The Balaban J connectivity index is 2.31. The van der Waals surface area contributed by atoms with Crippen molar-refractivity contribution in [3.63, 3.8) is 0 Å². The van der Waals surface area contributed by atoms with Gasteiger partial charge in [-0.2, -0.15) is 0 Å². The third-order valence-corrected chi connectivity index (χ3v) is 2.92. The number of hydrogen-bond donors (Lipinski definition) is 0. The molecule has 0 amide bonds. The molecule has 3 aromatic rings. The maximum Gasteiger partial charge on any atom is 0.300 e. The van der Waals surface area contributed by atoms with E-state index in [0.29, 0.717) is 11.5 Å². The van der Waals surface area contributed by atoms with Crippen molar-refractivity contribution in [3.05, 3.63) is 58.4 Å². The second-order valence-corrected chi connectivity index (χ2v) is 4.25. The van der Waals surface area contributed by atoms with Gasteiger partial charge in [0, 0.05) is 18.1 Å². The summed E-state index contributed by atoms with van der Waals surface area (Å²) in [6.45, 7) is 3.81. The Kier molecular flexibility index (Phi) is 2.26. The number of aryl methyl sites for hydroxylation is 2. The van der Waals surface area contributed by atoms with E-state index in [9.17, 15) is 4.79 Å². The Hall–Kier alpha value is -2.43. The van der Waals surface area contributed by atoms with Gasteiger partial charge in [-0.1, -0.05) is 12.1 Å². The molecule has 0 saturated carbocycles. The van der Waals surface area contributed by atoms with Crippen LogP contribution >= 0.6 is 0 Å². The largest absolute Gasteiger partial charge is 0.300 e. The Morgan fingerprint density at radius 1 is 1.11 bits per heavy atom. The monoisotopic (exact) mass is 240 g/mol. The average Bonchev–Trinajstić information content (AvgIpc) is 2.73. The van der Waals surface area contributed by atoms with E-state index in [2.05, 4.69) is 10.2 Å². The second-order valence-electron chi connectivity index (χ2n) is 4.25. The molecule has 0 aliphatic rings. The Labute approximate surface area is 103 Å². The zero-order valence-electron chi connectivity index (χ0n) is 10.2. The molecule has 0 spiro atoms. The van der Waals surface area contributed by atoms with E-state index >= 15 is 0 Å². The average molecular weight is 240 g/mol. The molecule has 2 aromatic heterocycles. The maximum atomic E-state index is 12.3. The first-order chi connectivity index (χ1) is 8.66. The smallest absolute Gasteiger partial charge is 0.281 e. The van der Waals surface area contributed by atoms with E-state index in [0.717, 1.165) is 11.3 Å². The molecule has 0 N–H and O–H groups in total. The third kappa shape index (κ3) is 1.52. The lowest BCUT2D eigenvalue weighted by Gasteiger charge is -2.06. The molecule has 0 saturated heterocycles. The molecule has 0 fully saturated rings. The number of nitrogens with zero attached hydrogens (tertiary/aromatic N) is 4. The summed E-state index contributed by atoms with van der Waals surface area (Å²) in [5.41, 5.74) is 2.13. The normalized spacial score (nSPS) is 11.0. The van der Waals surface area contributed by atoms with Gasteiger partial charge >= 0.3 is 5.56 Å². The molecule has 3 rings (SSSR count). The van der Waals surface area contributed by atoms with Crippen LogP contribution < -0.4 is 5.56 Å². The summed E-state index contributed by atoms with van der Waals surface area (Å²) in [7, 11) is 0. The quantitative estimate of drug-likeness (QED) is 0.647. The summed E-state index contributed by atoms with van der Waals surface area (Å²) >= 11 is 0. The standard InChI is InChI=1S/C13H12N4O/c1-9-4-3-5-11(8-9)17-7-6-16-10(2)14-15-12(16)13(17)18/h3-8H,1-2H3. The second kappa shape index (κ2) is 3.80. The summed E-state index contributed by atoms with van der Waals surface area (Å²) in [6, 6.07) is 7.78. The highest BCUT2D eigenvalue weighted by molar-refractivity contribution is 5.41. The minimum absolute atomic E-state index is 0.163. The molecule has 0 aliphatic heterocycles. The number of rotatable bonds is 1.